The van der Waals surface area contributed by atoms with Crippen LogP contribution in [0.5, 0.6) is 0 Å². The number of anilines is 2. The van der Waals surface area contributed by atoms with E-state index in [-0.39, 0.29) is 17.5 Å². The molecule has 2 rings (SSSR count). The molecule has 6 N–H and O–H groups in total. The lowest BCUT2D eigenvalue weighted by Gasteiger charge is -2.16. The van der Waals surface area contributed by atoms with Crippen molar-refractivity contribution >= 4 is 23.3 Å². The van der Waals surface area contributed by atoms with Gasteiger partial charge in [-0.2, -0.15) is 0 Å². The summed E-state index contributed by atoms with van der Waals surface area (Å²) in [5.74, 6) is -2.16. The van der Waals surface area contributed by atoms with Gasteiger partial charge in [-0.15, -0.1) is 0 Å². The predicted octanol–water partition coefficient (Wildman–Crippen LogP) is 2.46. The smallest absolute Gasteiger partial charge is 0.335 e. The molecule has 0 heterocycles. The van der Waals surface area contributed by atoms with Crippen molar-refractivity contribution in [3.8, 4) is 0 Å². The topological polar surface area (TPSA) is 127 Å². The van der Waals surface area contributed by atoms with Gasteiger partial charge >= 0.3 is 11.9 Å². The molecule has 0 bridgehead atoms. The highest BCUT2D eigenvalue weighted by molar-refractivity contribution is 5.93. The maximum absolute atomic E-state index is 11.5. The fourth-order valence-electron chi connectivity index (χ4n) is 2.58. The molecule has 2 aromatic carbocycles. The van der Waals surface area contributed by atoms with Crippen LogP contribution >= 0.6 is 0 Å². The number of carboxylic acids is 2. The molecule has 0 aliphatic rings. The number of hydrogen-bond donors (Lipinski definition) is 4. The first kappa shape index (κ1) is 16.4. The lowest BCUT2D eigenvalue weighted by molar-refractivity contribution is 0.0686. The summed E-state index contributed by atoms with van der Waals surface area (Å²) in [6.07, 6.45) is 0.136. The highest BCUT2D eigenvalue weighted by atomic mass is 16.4. The van der Waals surface area contributed by atoms with E-state index in [2.05, 4.69) is 0 Å². The molecule has 6 heteroatoms. The minimum atomic E-state index is -1.08. The van der Waals surface area contributed by atoms with Crippen LogP contribution < -0.4 is 11.5 Å². The van der Waals surface area contributed by atoms with Crippen LogP contribution in [0.3, 0.4) is 0 Å². The van der Waals surface area contributed by atoms with E-state index < -0.39 is 11.9 Å². The van der Waals surface area contributed by atoms with E-state index in [4.69, 9.17) is 11.5 Å². The second-order valence-corrected chi connectivity index (χ2v) is 5.40. The fourth-order valence-corrected chi connectivity index (χ4v) is 2.58. The maximum Gasteiger partial charge on any atom is 0.335 e. The van der Waals surface area contributed by atoms with E-state index in [0.717, 1.165) is 0 Å². The molecule has 6 nitrogen and oxygen atoms in total. The average molecular weight is 314 g/mol. The maximum atomic E-state index is 11.5. The molecular weight excluding hydrogens is 296 g/mol. The average Bonchev–Trinajstić information content (AvgIpc) is 2.47. The SMILES string of the molecule is Cc1c(N)ccc(C(=O)O)c1Cc1c(C(=O)O)ccc(N)c1C. The number of nitrogens with two attached hydrogens (primary N) is 2. The third kappa shape index (κ3) is 2.96. The van der Waals surface area contributed by atoms with Gasteiger partial charge in [-0.05, 0) is 66.8 Å². The van der Waals surface area contributed by atoms with Gasteiger partial charge in [0, 0.05) is 11.4 Å². The zero-order valence-corrected chi connectivity index (χ0v) is 12.9. The van der Waals surface area contributed by atoms with E-state index in [1.165, 1.54) is 24.3 Å². The van der Waals surface area contributed by atoms with Gasteiger partial charge < -0.3 is 21.7 Å². The monoisotopic (exact) mass is 314 g/mol. The summed E-state index contributed by atoms with van der Waals surface area (Å²) < 4.78 is 0. The van der Waals surface area contributed by atoms with Gasteiger partial charge in [0.1, 0.15) is 0 Å². The molecule has 0 aliphatic carbocycles. The van der Waals surface area contributed by atoms with E-state index in [1.54, 1.807) is 13.8 Å². The van der Waals surface area contributed by atoms with Gasteiger partial charge in [-0.1, -0.05) is 0 Å². The molecule has 0 spiro atoms. The first-order valence-corrected chi connectivity index (χ1v) is 6.96. The van der Waals surface area contributed by atoms with Gasteiger partial charge in [0.2, 0.25) is 0 Å². The Kier molecular flexibility index (Phi) is 4.27. The largest absolute Gasteiger partial charge is 0.478 e. The summed E-state index contributed by atoms with van der Waals surface area (Å²) >= 11 is 0. The first-order valence-electron chi connectivity index (χ1n) is 6.96. The second-order valence-electron chi connectivity index (χ2n) is 5.40. The predicted molar refractivity (Wildman–Crippen MR) is 87.9 cm³/mol. The summed E-state index contributed by atoms with van der Waals surface area (Å²) in [6, 6.07) is 5.93. The van der Waals surface area contributed by atoms with Crippen LogP contribution in [0.2, 0.25) is 0 Å². The Morgan fingerprint density at radius 3 is 1.48 bits per heavy atom. The minimum absolute atomic E-state index is 0.106. The van der Waals surface area contributed by atoms with Gasteiger partial charge in [-0.25, -0.2) is 9.59 Å². The van der Waals surface area contributed by atoms with Crippen molar-refractivity contribution in [2.45, 2.75) is 20.3 Å². The second kappa shape index (κ2) is 6.00. The normalized spacial score (nSPS) is 10.5. The van der Waals surface area contributed by atoms with Crippen molar-refractivity contribution in [1.82, 2.24) is 0 Å². The van der Waals surface area contributed by atoms with Crippen LogP contribution in [0.4, 0.5) is 11.4 Å². The molecule has 0 amide bonds. The van der Waals surface area contributed by atoms with E-state index in [0.29, 0.717) is 33.6 Å². The highest BCUT2D eigenvalue weighted by Crippen LogP contribution is 2.28. The Labute approximate surface area is 133 Å². The summed E-state index contributed by atoms with van der Waals surface area (Å²) in [5, 5.41) is 18.8. The van der Waals surface area contributed by atoms with Crippen molar-refractivity contribution in [3.63, 3.8) is 0 Å². The molecule has 0 radical (unpaired) electrons. The molecule has 0 fully saturated rings. The Balaban J connectivity index is 2.69. The molecule has 0 aliphatic heterocycles. The molecule has 0 saturated carbocycles. The lowest BCUT2D eigenvalue weighted by atomic mass is 9.89. The van der Waals surface area contributed by atoms with Crippen LogP contribution in [0.15, 0.2) is 24.3 Å². The van der Waals surface area contributed by atoms with Crippen LogP contribution in [0, 0.1) is 13.8 Å². The zero-order valence-electron chi connectivity index (χ0n) is 12.9. The number of carboxylic acid groups (broad SMARTS) is 2. The van der Waals surface area contributed by atoms with E-state index >= 15 is 0 Å². The molecule has 0 atom stereocenters. The van der Waals surface area contributed by atoms with Gasteiger partial charge in [0.15, 0.2) is 0 Å². The quantitative estimate of drug-likeness (QED) is 0.642. The molecule has 2 aromatic rings. The summed E-state index contributed by atoms with van der Waals surface area (Å²) in [7, 11) is 0. The van der Waals surface area contributed by atoms with E-state index in [9.17, 15) is 19.8 Å². The highest BCUT2D eigenvalue weighted by Gasteiger charge is 2.20. The molecule has 0 saturated heterocycles. The molecular formula is C17H18N2O4. The molecule has 120 valence electrons. The molecule has 0 unspecified atom stereocenters. The fraction of sp³-hybridized carbons (Fsp3) is 0.176. The van der Waals surface area contributed by atoms with Crippen molar-refractivity contribution in [2.75, 3.05) is 11.5 Å². The third-order valence-corrected chi connectivity index (χ3v) is 4.10. The Morgan fingerprint density at radius 2 is 1.17 bits per heavy atom. The third-order valence-electron chi connectivity index (χ3n) is 4.10. The van der Waals surface area contributed by atoms with Crippen LogP contribution in [-0.2, 0) is 6.42 Å². The minimum Gasteiger partial charge on any atom is -0.478 e. The van der Waals surface area contributed by atoms with E-state index in [1.807, 2.05) is 0 Å². The Hall–Kier alpha value is -3.02. The number of hydrogen-bond acceptors (Lipinski definition) is 4. The number of carbonyl (C=O) groups is 2. The van der Waals surface area contributed by atoms with Gasteiger partial charge in [-0.3, -0.25) is 0 Å². The van der Waals surface area contributed by atoms with Crippen molar-refractivity contribution < 1.29 is 19.8 Å². The number of nitrogen functional groups attached to an aromatic ring is 2. The van der Waals surface area contributed by atoms with Gasteiger partial charge in [0.25, 0.3) is 0 Å². The number of benzene rings is 2. The summed E-state index contributed by atoms with van der Waals surface area (Å²) in [4.78, 5) is 22.9. The van der Waals surface area contributed by atoms with Crippen molar-refractivity contribution in [1.29, 1.82) is 0 Å². The van der Waals surface area contributed by atoms with Crippen LogP contribution in [0.1, 0.15) is 43.0 Å². The standard InChI is InChI=1S/C17H18N2O4/c1-8-12(10(16(20)21)3-5-14(8)18)7-13-9(2)15(19)6-4-11(13)17(22)23/h3-6H,7,18-19H2,1-2H3,(H,20,21)(H,22,23). The number of aromatic carboxylic acids is 2. The van der Waals surface area contributed by atoms with Crippen molar-refractivity contribution in [3.05, 3.63) is 57.6 Å². The lowest BCUT2D eigenvalue weighted by Crippen LogP contribution is -2.12. The van der Waals surface area contributed by atoms with Gasteiger partial charge in [0.05, 0.1) is 11.1 Å². The first-order chi connectivity index (χ1) is 10.7. The Morgan fingerprint density at radius 1 is 0.826 bits per heavy atom. The van der Waals surface area contributed by atoms with Crippen LogP contribution in [-0.4, -0.2) is 22.2 Å². The summed E-state index contributed by atoms with van der Waals surface area (Å²) in [6.45, 7) is 3.44. The number of rotatable bonds is 4. The molecule has 23 heavy (non-hydrogen) atoms. The summed E-state index contributed by atoms with van der Waals surface area (Å²) in [5.41, 5.74) is 15.1. The van der Waals surface area contributed by atoms with Crippen LogP contribution in [0.25, 0.3) is 0 Å². The Bertz CT molecular complexity index is 745. The van der Waals surface area contributed by atoms with Crippen molar-refractivity contribution in [2.24, 2.45) is 0 Å². The molecule has 0 aromatic heterocycles. The zero-order chi connectivity index (χ0) is 17.3.